The number of ether oxygens (including phenoxy) is 1. The minimum Gasteiger partial charge on any atom is -0.495 e. The highest BCUT2D eigenvalue weighted by atomic mass is 32.2. The van der Waals surface area contributed by atoms with Crippen LogP contribution in [0.2, 0.25) is 0 Å². The number of carbonyl (C=O) groups excluding carboxylic acids is 2. The van der Waals surface area contributed by atoms with Crippen LogP contribution in [0.25, 0.3) is 0 Å². The van der Waals surface area contributed by atoms with Gasteiger partial charge in [0.1, 0.15) is 11.8 Å². The molecule has 0 unspecified atom stereocenters. The molecule has 8 nitrogen and oxygen atoms in total. The van der Waals surface area contributed by atoms with Crippen molar-refractivity contribution in [3.05, 3.63) is 83.9 Å². The van der Waals surface area contributed by atoms with Gasteiger partial charge in [-0.05, 0) is 54.3 Å². The van der Waals surface area contributed by atoms with Crippen molar-refractivity contribution >= 4 is 33.2 Å². The number of benzene rings is 3. The van der Waals surface area contributed by atoms with Crippen molar-refractivity contribution in [3.63, 3.8) is 0 Å². The Bertz CT molecular complexity index is 1340. The van der Waals surface area contributed by atoms with E-state index in [0.717, 1.165) is 11.1 Å². The lowest BCUT2D eigenvalue weighted by molar-refractivity contribution is -0.118. The van der Waals surface area contributed by atoms with Crippen LogP contribution < -0.4 is 19.7 Å². The average Bonchev–Trinajstić information content (AvgIpc) is 3.28. The van der Waals surface area contributed by atoms with Crippen molar-refractivity contribution in [2.75, 3.05) is 23.9 Å². The number of para-hydroxylation sites is 2. The van der Waals surface area contributed by atoms with E-state index >= 15 is 0 Å². The maximum Gasteiger partial charge on any atom is 0.243 e. The summed E-state index contributed by atoms with van der Waals surface area (Å²) in [5, 5.41) is 2.78. The first-order chi connectivity index (χ1) is 16.8. The molecule has 0 spiro atoms. The van der Waals surface area contributed by atoms with E-state index in [1.807, 2.05) is 30.3 Å². The van der Waals surface area contributed by atoms with Gasteiger partial charge < -0.3 is 15.0 Å². The molecule has 2 N–H and O–H groups in total. The van der Waals surface area contributed by atoms with Gasteiger partial charge in [-0.25, -0.2) is 8.42 Å². The zero-order valence-corrected chi connectivity index (χ0v) is 20.3. The monoisotopic (exact) mass is 493 g/mol. The maximum atomic E-state index is 13.3. The van der Waals surface area contributed by atoms with Crippen molar-refractivity contribution in [2.24, 2.45) is 0 Å². The van der Waals surface area contributed by atoms with Crippen LogP contribution in [0.1, 0.15) is 18.1 Å². The Morgan fingerprint density at radius 1 is 1.03 bits per heavy atom. The summed E-state index contributed by atoms with van der Waals surface area (Å²) in [6, 6.07) is 19.7. The lowest BCUT2D eigenvalue weighted by Crippen LogP contribution is -2.45. The number of methoxy groups -OCH3 is 1. The highest BCUT2D eigenvalue weighted by Crippen LogP contribution is 2.30. The van der Waals surface area contributed by atoms with Gasteiger partial charge in [0.2, 0.25) is 21.8 Å². The zero-order chi connectivity index (χ0) is 25.0. The Hall–Kier alpha value is -3.69. The Morgan fingerprint density at radius 2 is 1.74 bits per heavy atom. The first kappa shape index (κ1) is 24.4. The first-order valence-electron chi connectivity index (χ1n) is 11.2. The van der Waals surface area contributed by atoms with Crippen molar-refractivity contribution in [3.8, 4) is 5.75 Å². The second-order valence-electron chi connectivity index (χ2n) is 8.26. The van der Waals surface area contributed by atoms with Gasteiger partial charge in [0.25, 0.3) is 0 Å². The predicted molar refractivity (Wildman–Crippen MR) is 134 cm³/mol. The minimum atomic E-state index is -4.04. The molecule has 1 aliphatic rings. The number of rotatable bonds is 8. The summed E-state index contributed by atoms with van der Waals surface area (Å²) in [6.45, 7) is 2.00. The van der Waals surface area contributed by atoms with Gasteiger partial charge in [0.15, 0.2) is 0 Å². The molecule has 3 aromatic carbocycles. The fourth-order valence-corrected chi connectivity index (χ4v) is 5.38. The SMILES string of the molecule is COc1ccccc1NC(=O)[C@@H](Cc1ccccc1)NS(=O)(=O)c1ccc2c(c1)CCN2C(C)=O. The average molecular weight is 494 g/mol. The predicted octanol–water partition coefficient (Wildman–Crippen LogP) is 3.13. The van der Waals surface area contributed by atoms with Crippen molar-refractivity contribution < 1.29 is 22.7 Å². The number of nitrogens with one attached hydrogen (secondary N) is 2. The number of sulfonamides is 1. The molecule has 0 fully saturated rings. The van der Waals surface area contributed by atoms with Gasteiger partial charge in [0.05, 0.1) is 17.7 Å². The maximum absolute atomic E-state index is 13.3. The second kappa shape index (κ2) is 10.3. The Morgan fingerprint density at radius 3 is 2.46 bits per heavy atom. The van der Waals surface area contributed by atoms with E-state index in [9.17, 15) is 18.0 Å². The van der Waals surface area contributed by atoms with E-state index < -0.39 is 22.0 Å². The molecule has 0 saturated heterocycles. The molecule has 2 amide bonds. The van der Waals surface area contributed by atoms with Gasteiger partial charge in [0, 0.05) is 19.2 Å². The van der Waals surface area contributed by atoms with Crippen LogP contribution in [0.3, 0.4) is 0 Å². The second-order valence-corrected chi connectivity index (χ2v) is 9.98. The molecule has 1 heterocycles. The fraction of sp³-hybridized carbons (Fsp3) is 0.231. The number of hydrogen-bond donors (Lipinski definition) is 2. The molecule has 0 bridgehead atoms. The molecular weight excluding hydrogens is 466 g/mol. The van der Waals surface area contributed by atoms with Gasteiger partial charge in [-0.1, -0.05) is 42.5 Å². The Balaban J connectivity index is 1.61. The minimum absolute atomic E-state index is 0.0461. The molecule has 1 atom stereocenters. The summed E-state index contributed by atoms with van der Waals surface area (Å²) in [7, 11) is -2.54. The molecule has 3 aromatic rings. The summed E-state index contributed by atoms with van der Waals surface area (Å²) in [6.07, 6.45) is 0.726. The highest BCUT2D eigenvalue weighted by Gasteiger charge is 2.29. The molecule has 9 heteroatoms. The molecule has 0 radical (unpaired) electrons. The van der Waals surface area contributed by atoms with E-state index in [1.165, 1.54) is 20.1 Å². The molecule has 1 aliphatic heterocycles. The van der Waals surface area contributed by atoms with Crippen LogP contribution >= 0.6 is 0 Å². The number of hydrogen-bond acceptors (Lipinski definition) is 5. The van der Waals surface area contributed by atoms with E-state index in [2.05, 4.69) is 10.0 Å². The van der Waals surface area contributed by atoms with Crippen LogP contribution in [0.4, 0.5) is 11.4 Å². The van der Waals surface area contributed by atoms with Gasteiger partial charge >= 0.3 is 0 Å². The summed E-state index contributed by atoms with van der Waals surface area (Å²) < 4.78 is 34.5. The number of amides is 2. The summed E-state index contributed by atoms with van der Waals surface area (Å²) >= 11 is 0. The molecule has 35 heavy (non-hydrogen) atoms. The normalized spacial score (nSPS) is 13.7. The van der Waals surface area contributed by atoms with Crippen LogP contribution in [-0.4, -0.2) is 39.9 Å². The standard InChI is InChI=1S/C26H27N3O5S/c1-18(30)29-15-14-20-17-21(12-13-24(20)29)35(32,33)28-23(16-19-8-4-3-5-9-19)26(31)27-22-10-6-7-11-25(22)34-2/h3-13,17,23,28H,14-16H2,1-2H3,(H,27,31)/t23-/m1/s1. The molecule has 0 saturated carbocycles. The van der Waals surface area contributed by atoms with Crippen molar-refractivity contribution in [1.82, 2.24) is 4.72 Å². The number of fused-ring (bicyclic) bond motifs is 1. The van der Waals surface area contributed by atoms with Crippen LogP contribution in [0.15, 0.2) is 77.7 Å². The van der Waals surface area contributed by atoms with Gasteiger partial charge in [-0.15, -0.1) is 0 Å². The van der Waals surface area contributed by atoms with E-state index in [1.54, 1.807) is 41.3 Å². The van der Waals surface area contributed by atoms with Crippen molar-refractivity contribution in [1.29, 1.82) is 0 Å². The van der Waals surface area contributed by atoms with Crippen LogP contribution in [0, 0.1) is 0 Å². The number of anilines is 2. The van der Waals surface area contributed by atoms with Crippen LogP contribution in [-0.2, 0) is 32.5 Å². The third-order valence-corrected chi connectivity index (χ3v) is 7.37. The quantitative estimate of drug-likeness (QED) is 0.502. The lowest BCUT2D eigenvalue weighted by Gasteiger charge is -2.20. The summed E-state index contributed by atoms with van der Waals surface area (Å²) in [5.41, 5.74) is 2.74. The third-order valence-electron chi connectivity index (χ3n) is 5.90. The lowest BCUT2D eigenvalue weighted by atomic mass is 10.1. The van der Waals surface area contributed by atoms with E-state index in [-0.39, 0.29) is 17.2 Å². The van der Waals surface area contributed by atoms with E-state index in [0.29, 0.717) is 30.1 Å². The largest absolute Gasteiger partial charge is 0.495 e. The molecular formula is C26H27N3O5S. The topological polar surface area (TPSA) is 105 Å². The Kier molecular flexibility index (Phi) is 7.18. The number of nitrogens with zero attached hydrogens (tertiary/aromatic N) is 1. The fourth-order valence-electron chi connectivity index (χ4n) is 4.13. The summed E-state index contributed by atoms with van der Waals surface area (Å²) in [4.78, 5) is 26.8. The molecule has 0 aromatic heterocycles. The van der Waals surface area contributed by atoms with E-state index in [4.69, 9.17) is 4.74 Å². The Labute approximate surface area is 205 Å². The first-order valence-corrected chi connectivity index (χ1v) is 12.7. The highest BCUT2D eigenvalue weighted by molar-refractivity contribution is 7.89. The number of carbonyl (C=O) groups is 2. The van der Waals surface area contributed by atoms with Gasteiger partial charge in [-0.3, -0.25) is 9.59 Å². The van der Waals surface area contributed by atoms with Crippen molar-refractivity contribution in [2.45, 2.75) is 30.7 Å². The molecule has 0 aliphatic carbocycles. The molecule has 4 rings (SSSR count). The third kappa shape index (κ3) is 5.52. The summed E-state index contributed by atoms with van der Waals surface area (Å²) in [5.74, 6) is -0.130. The van der Waals surface area contributed by atoms with Gasteiger partial charge in [-0.2, -0.15) is 4.72 Å². The zero-order valence-electron chi connectivity index (χ0n) is 19.5. The molecule has 182 valence electrons. The van der Waals surface area contributed by atoms with Crippen LogP contribution in [0.5, 0.6) is 5.75 Å². The smallest absolute Gasteiger partial charge is 0.243 e.